The van der Waals surface area contributed by atoms with Gasteiger partial charge in [-0.05, 0) is 18.9 Å². The van der Waals surface area contributed by atoms with Crippen LogP contribution >= 0.6 is 0 Å². The van der Waals surface area contributed by atoms with E-state index in [9.17, 15) is 26.4 Å². The van der Waals surface area contributed by atoms with Gasteiger partial charge >= 0.3 is 21.6 Å². The Kier molecular flexibility index (Phi) is 8.58. The number of halogens is 3. The topological polar surface area (TPSA) is 78.9 Å². The average molecular weight is 443 g/mol. The van der Waals surface area contributed by atoms with Crippen molar-refractivity contribution in [2.75, 3.05) is 7.11 Å². The van der Waals surface area contributed by atoms with Gasteiger partial charge in [0.1, 0.15) is 13.8 Å². The molecule has 0 unspecified atom stereocenters. The highest BCUT2D eigenvalue weighted by atomic mass is 32.2. The van der Waals surface area contributed by atoms with Crippen LogP contribution in [0.15, 0.2) is 11.8 Å². The Hall–Kier alpha value is -1.51. The number of hydrogen-bond donors (Lipinski definition) is 0. The lowest BCUT2D eigenvalue weighted by molar-refractivity contribution is -0.140. The predicted octanol–water partition coefficient (Wildman–Crippen LogP) is 3.51. The number of carbonyl (C=O) groups is 1. The first-order valence-corrected chi connectivity index (χ1v) is 13.6. The maximum atomic E-state index is 12.6. The summed E-state index contributed by atoms with van der Waals surface area (Å²) in [5.41, 5.74) is -2.40. The predicted molar refractivity (Wildman–Crippen MR) is 99.0 cm³/mol. The van der Waals surface area contributed by atoms with Gasteiger partial charge in [-0.2, -0.15) is 21.6 Å². The van der Waals surface area contributed by atoms with Gasteiger partial charge in [-0.3, -0.25) is 4.79 Å². The second kappa shape index (κ2) is 9.80. The van der Waals surface area contributed by atoms with E-state index in [0.29, 0.717) is 12.8 Å². The highest BCUT2D eigenvalue weighted by Gasteiger charge is 2.49. The van der Waals surface area contributed by atoms with E-state index in [1.165, 1.54) is 13.2 Å². The van der Waals surface area contributed by atoms with Crippen molar-refractivity contribution in [3.05, 3.63) is 11.8 Å². The van der Waals surface area contributed by atoms with Crippen molar-refractivity contribution in [2.45, 2.75) is 69.5 Å². The largest absolute Gasteiger partial charge is 0.534 e. The normalized spacial score (nSPS) is 20.6. The van der Waals surface area contributed by atoms with Crippen molar-refractivity contribution in [1.82, 2.24) is 0 Å². The number of esters is 1. The molecular weight excluding hydrogens is 417 g/mol. The third-order valence-corrected chi connectivity index (χ3v) is 5.50. The van der Waals surface area contributed by atoms with Crippen LogP contribution in [0.3, 0.4) is 0 Å². The fourth-order valence-corrected chi connectivity index (χ4v) is 3.49. The van der Waals surface area contributed by atoms with E-state index in [1.807, 2.05) is 19.6 Å². The monoisotopic (exact) mass is 442 g/mol. The summed E-state index contributed by atoms with van der Waals surface area (Å²) in [5, 5.41) is 0. The molecular formula is C17H25F3O6SSi. The van der Waals surface area contributed by atoms with Gasteiger partial charge in [-0.25, -0.2) is 0 Å². The molecule has 0 saturated carbocycles. The van der Waals surface area contributed by atoms with E-state index in [2.05, 4.69) is 20.4 Å². The molecule has 160 valence electrons. The first-order chi connectivity index (χ1) is 12.7. The number of ether oxygens (including phenoxy) is 2. The molecule has 0 aromatic carbocycles. The quantitative estimate of drug-likeness (QED) is 0.197. The molecule has 1 heterocycles. The Morgan fingerprint density at radius 3 is 2.54 bits per heavy atom. The number of alkyl halides is 3. The zero-order valence-corrected chi connectivity index (χ0v) is 18.1. The van der Waals surface area contributed by atoms with Crippen molar-refractivity contribution in [3.8, 4) is 11.5 Å². The summed E-state index contributed by atoms with van der Waals surface area (Å²) in [6, 6.07) is 0. The van der Waals surface area contributed by atoms with E-state index in [-0.39, 0.29) is 25.0 Å². The number of methoxy groups -OCH3 is 1. The van der Waals surface area contributed by atoms with Crippen molar-refractivity contribution >= 4 is 24.2 Å². The Labute approximate surface area is 164 Å². The molecule has 28 heavy (non-hydrogen) atoms. The SMILES string of the molecule is COC(=O)CCC[C@@H]1CC(OS(=O)(=O)C(F)(F)F)=C[C@@H](CC#C[Si](C)(C)C)O1. The average Bonchev–Trinajstić information content (AvgIpc) is 2.51. The molecule has 1 aliphatic heterocycles. The summed E-state index contributed by atoms with van der Waals surface area (Å²) in [6.45, 7) is 6.12. The lowest BCUT2D eigenvalue weighted by Crippen LogP contribution is -2.31. The number of hydrogen-bond acceptors (Lipinski definition) is 6. The van der Waals surface area contributed by atoms with Crippen molar-refractivity contribution in [2.24, 2.45) is 0 Å². The molecule has 0 spiro atoms. The van der Waals surface area contributed by atoms with Crippen LogP contribution in [0.1, 0.15) is 32.1 Å². The summed E-state index contributed by atoms with van der Waals surface area (Å²) < 4.78 is 75.0. The zero-order valence-electron chi connectivity index (χ0n) is 16.3. The van der Waals surface area contributed by atoms with E-state index in [4.69, 9.17) is 4.74 Å². The minimum atomic E-state index is -5.75. The second-order valence-corrected chi connectivity index (χ2v) is 13.6. The van der Waals surface area contributed by atoms with Gasteiger partial charge in [0.05, 0.1) is 19.3 Å². The zero-order chi connectivity index (χ0) is 21.6. The van der Waals surface area contributed by atoms with Gasteiger partial charge in [-0.15, -0.1) is 11.5 Å². The molecule has 0 bridgehead atoms. The van der Waals surface area contributed by atoms with Crippen LogP contribution in [0.2, 0.25) is 19.6 Å². The molecule has 0 N–H and O–H groups in total. The van der Waals surface area contributed by atoms with Gasteiger partial charge in [-0.1, -0.05) is 19.6 Å². The van der Waals surface area contributed by atoms with E-state index in [1.54, 1.807) is 0 Å². The summed E-state index contributed by atoms with van der Waals surface area (Å²) in [4.78, 5) is 11.2. The molecule has 6 nitrogen and oxygen atoms in total. The standard InChI is InChI=1S/C17H25F3O6SSi/c1-24-16(21)9-5-7-13-11-15(26-27(22,23)17(18,19)20)12-14(25-13)8-6-10-28(2,3)4/h12-14H,5,7-9,11H2,1-4H3/t13-,14-/m1/s1. The molecule has 0 aliphatic carbocycles. The molecule has 0 fully saturated rings. The molecule has 0 saturated heterocycles. The van der Waals surface area contributed by atoms with Crippen LogP contribution in [-0.2, 0) is 28.6 Å². The molecule has 1 rings (SSSR count). The Bertz CT molecular complexity index is 744. The lowest BCUT2D eigenvalue weighted by Gasteiger charge is -2.28. The van der Waals surface area contributed by atoms with Gasteiger partial charge in [0.2, 0.25) is 0 Å². The summed E-state index contributed by atoms with van der Waals surface area (Å²) in [7, 11) is -6.14. The van der Waals surface area contributed by atoms with Crippen LogP contribution < -0.4 is 0 Å². The van der Waals surface area contributed by atoms with Crippen LogP contribution in [-0.4, -0.2) is 47.3 Å². The molecule has 2 atom stereocenters. The van der Waals surface area contributed by atoms with Crippen molar-refractivity contribution in [3.63, 3.8) is 0 Å². The Morgan fingerprint density at radius 1 is 1.36 bits per heavy atom. The Balaban J connectivity index is 2.90. The maximum absolute atomic E-state index is 12.6. The Morgan fingerprint density at radius 2 is 2.00 bits per heavy atom. The van der Waals surface area contributed by atoms with Gasteiger partial charge in [0.25, 0.3) is 0 Å². The number of rotatable bonds is 7. The fraction of sp³-hybridized carbons (Fsp3) is 0.706. The molecule has 0 aromatic heterocycles. The summed E-state index contributed by atoms with van der Waals surface area (Å²) >= 11 is 0. The third-order valence-electron chi connectivity index (χ3n) is 3.57. The first kappa shape index (κ1) is 24.5. The maximum Gasteiger partial charge on any atom is 0.534 e. The minimum Gasteiger partial charge on any atom is -0.469 e. The molecule has 0 aromatic rings. The first-order valence-electron chi connectivity index (χ1n) is 8.67. The van der Waals surface area contributed by atoms with Crippen molar-refractivity contribution < 1.29 is 40.0 Å². The third kappa shape index (κ3) is 8.66. The summed E-state index contributed by atoms with van der Waals surface area (Å²) in [5.74, 6) is 2.21. The van der Waals surface area contributed by atoms with E-state index >= 15 is 0 Å². The van der Waals surface area contributed by atoms with Gasteiger partial charge in [0, 0.05) is 19.3 Å². The van der Waals surface area contributed by atoms with E-state index in [0.717, 1.165) is 0 Å². The van der Waals surface area contributed by atoms with Crippen LogP contribution in [0, 0.1) is 11.5 Å². The number of carbonyl (C=O) groups excluding carboxylic acids is 1. The van der Waals surface area contributed by atoms with Crippen molar-refractivity contribution in [1.29, 1.82) is 0 Å². The molecule has 11 heteroatoms. The summed E-state index contributed by atoms with van der Waals surface area (Å²) in [6.07, 6.45) is 0.830. The van der Waals surface area contributed by atoms with Crippen LogP contribution in [0.4, 0.5) is 13.2 Å². The smallest absolute Gasteiger partial charge is 0.469 e. The molecule has 0 amide bonds. The van der Waals surface area contributed by atoms with Crippen LogP contribution in [0.25, 0.3) is 0 Å². The lowest BCUT2D eigenvalue weighted by atomic mass is 10.0. The highest BCUT2D eigenvalue weighted by molar-refractivity contribution is 7.87. The minimum absolute atomic E-state index is 0.122. The van der Waals surface area contributed by atoms with Gasteiger partial charge < -0.3 is 13.7 Å². The van der Waals surface area contributed by atoms with E-state index < -0.39 is 41.9 Å². The molecule has 1 aliphatic rings. The fourth-order valence-electron chi connectivity index (χ4n) is 2.35. The second-order valence-electron chi connectivity index (χ2n) is 7.34. The van der Waals surface area contributed by atoms with Gasteiger partial charge in [0.15, 0.2) is 0 Å². The highest BCUT2D eigenvalue weighted by Crippen LogP contribution is 2.31. The van der Waals surface area contributed by atoms with Crippen LogP contribution in [0.5, 0.6) is 0 Å². The molecule has 0 radical (unpaired) electrons.